The van der Waals surface area contributed by atoms with Crippen LogP contribution in [0.25, 0.3) is 0 Å². The van der Waals surface area contributed by atoms with Gasteiger partial charge in [-0.05, 0) is 92.6 Å². The minimum absolute atomic E-state index is 0.0243. The van der Waals surface area contributed by atoms with Gasteiger partial charge in [-0.3, -0.25) is 14.4 Å². The maximum atomic E-state index is 13.7. The number of para-hydroxylation sites is 1. The number of benzene rings is 3. The second-order valence-electron chi connectivity index (χ2n) is 11.6. The predicted octanol–water partition coefficient (Wildman–Crippen LogP) is 5.95. The third kappa shape index (κ3) is 8.35. The Morgan fingerprint density at radius 3 is 2.53 bits per heavy atom. The highest BCUT2D eigenvalue weighted by Crippen LogP contribution is 2.32. The van der Waals surface area contributed by atoms with Crippen molar-refractivity contribution in [1.82, 2.24) is 10.2 Å². The summed E-state index contributed by atoms with van der Waals surface area (Å²) in [7, 11) is 1.52. The first-order valence-corrected chi connectivity index (χ1v) is 16.0. The molecule has 10 heteroatoms. The van der Waals surface area contributed by atoms with E-state index in [1.165, 1.54) is 7.11 Å². The number of amides is 3. The Labute approximate surface area is 269 Å². The Morgan fingerprint density at radius 1 is 0.956 bits per heavy atom. The zero-order valence-corrected chi connectivity index (χ0v) is 26.7. The number of nitrogens with zero attached hydrogens (tertiary/aromatic N) is 2. The van der Waals surface area contributed by atoms with E-state index in [9.17, 15) is 14.4 Å². The number of carbonyl (C=O) groups is 3. The molecule has 3 aromatic rings. The minimum Gasteiger partial charge on any atom is -0.495 e. The number of piperidine rings is 1. The van der Waals surface area contributed by atoms with Crippen LogP contribution >= 0.6 is 11.6 Å². The number of aryl methyl sites for hydroxylation is 1. The molecule has 1 saturated heterocycles. The molecule has 3 amide bonds. The summed E-state index contributed by atoms with van der Waals surface area (Å²) in [4.78, 5) is 42.5. The summed E-state index contributed by atoms with van der Waals surface area (Å²) in [6.07, 6.45) is 5.46. The van der Waals surface area contributed by atoms with Crippen LogP contribution in [0.4, 0.5) is 11.4 Å². The van der Waals surface area contributed by atoms with Crippen molar-refractivity contribution in [3.63, 3.8) is 0 Å². The van der Waals surface area contributed by atoms with E-state index in [4.69, 9.17) is 21.1 Å². The van der Waals surface area contributed by atoms with Gasteiger partial charge in [-0.2, -0.15) is 0 Å². The summed E-state index contributed by atoms with van der Waals surface area (Å²) >= 11 is 6.23. The number of ether oxygens (including phenoxy) is 2. The van der Waals surface area contributed by atoms with Crippen LogP contribution in [-0.2, 0) is 11.2 Å². The number of fused-ring (bicyclic) bond motifs is 1. The third-order valence-corrected chi connectivity index (χ3v) is 8.59. The van der Waals surface area contributed by atoms with E-state index < -0.39 is 0 Å². The molecule has 3 aromatic carbocycles. The molecule has 0 spiro atoms. The first-order chi connectivity index (χ1) is 21.8. The van der Waals surface area contributed by atoms with Gasteiger partial charge >= 0.3 is 0 Å². The Balaban J connectivity index is 1.19. The fraction of sp³-hybridized carbons (Fsp3) is 0.400. The van der Waals surface area contributed by atoms with E-state index in [-0.39, 0.29) is 23.8 Å². The number of carbonyl (C=O) groups excluding carboxylic acids is 3. The molecule has 2 heterocycles. The fourth-order valence-electron chi connectivity index (χ4n) is 6.05. The van der Waals surface area contributed by atoms with Crippen molar-refractivity contribution in [2.75, 3.05) is 50.1 Å². The fourth-order valence-corrected chi connectivity index (χ4v) is 6.24. The summed E-state index contributed by atoms with van der Waals surface area (Å²) in [5, 5.41) is 6.60. The molecule has 0 bridgehead atoms. The van der Waals surface area contributed by atoms with E-state index in [1.54, 1.807) is 48.2 Å². The highest BCUT2D eigenvalue weighted by atomic mass is 35.5. The number of anilines is 2. The number of rotatable bonds is 10. The van der Waals surface area contributed by atoms with Gasteiger partial charge in [0.1, 0.15) is 11.5 Å². The van der Waals surface area contributed by atoms with Crippen LogP contribution in [0.5, 0.6) is 11.5 Å². The lowest BCUT2D eigenvalue weighted by atomic mass is 10.0. The van der Waals surface area contributed by atoms with Crippen LogP contribution in [0.2, 0.25) is 5.02 Å². The van der Waals surface area contributed by atoms with Crippen LogP contribution in [0, 0.1) is 0 Å². The summed E-state index contributed by atoms with van der Waals surface area (Å²) < 4.78 is 11.7. The molecular formula is C35H41ClN4O5. The summed E-state index contributed by atoms with van der Waals surface area (Å²) in [6, 6.07) is 18.1. The number of nitrogens with one attached hydrogen (secondary N) is 2. The molecule has 2 aliphatic heterocycles. The van der Waals surface area contributed by atoms with Crippen molar-refractivity contribution >= 4 is 40.7 Å². The lowest BCUT2D eigenvalue weighted by Gasteiger charge is -2.32. The van der Waals surface area contributed by atoms with Gasteiger partial charge in [-0.1, -0.05) is 23.7 Å². The number of likely N-dealkylation sites (tertiary alicyclic amines) is 1. The van der Waals surface area contributed by atoms with Gasteiger partial charge in [0.15, 0.2) is 0 Å². The predicted molar refractivity (Wildman–Crippen MR) is 177 cm³/mol. The van der Waals surface area contributed by atoms with Gasteiger partial charge < -0.3 is 29.9 Å². The van der Waals surface area contributed by atoms with E-state index in [0.717, 1.165) is 69.4 Å². The van der Waals surface area contributed by atoms with Crippen LogP contribution in [0.1, 0.15) is 65.3 Å². The molecule has 1 fully saturated rings. The van der Waals surface area contributed by atoms with E-state index in [0.29, 0.717) is 46.5 Å². The number of hydrogen-bond donors (Lipinski definition) is 2. The van der Waals surface area contributed by atoms with Gasteiger partial charge in [0.05, 0.1) is 25.0 Å². The largest absolute Gasteiger partial charge is 0.495 e. The molecule has 2 aliphatic rings. The maximum Gasteiger partial charge on any atom is 0.259 e. The molecule has 45 heavy (non-hydrogen) atoms. The van der Waals surface area contributed by atoms with Crippen LogP contribution in [-0.4, -0.2) is 68.6 Å². The quantitative estimate of drug-likeness (QED) is 0.268. The molecule has 0 atom stereocenters. The van der Waals surface area contributed by atoms with E-state index in [2.05, 4.69) is 15.5 Å². The van der Waals surface area contributed by atoms with Crippen molar-refractivity contribution in [3.8, 4) is 11.5 Å². The molecule has 0 radical (unpaired) electrons. The molecule has 0 aromatic heterocycles. The van der Waals surface area contributed by atoms with E-state index >= 15 is 0 Å². The molecular weight excluding hydrogens is 592 g/mol. The molecule has 5 rings (SSSR count). The van der Waals surface area contributed by atoms with Gasteiger partial charge in [0.25, 0.3) is 11.8 Å². The van der Waals surface area contributed by atoms with Crippen LogP contribution in [0.3, 0.4) is 0 Å². The van der Waals surface area contributed by atoms with Crippen LogP contribution in [0.15, 0.2) is 60.7 Å². The summed E-state index contributed by atoms with van der Waals surface area (Å²) in [5.74, 6) is 0.455. The highest BCUT2D eigenvalue weighted by Gasteiger charge is 2.24. The molecule has 0 unspecified atom stereocenters. The average molecular weight is 633 g/mol. The van der Waals surface area contributed by atoms with Crippen molar-refractivity contribution in [2.45, 2.75) is 51.5 Å². The van der Waals surface area contributed by atoms with Gasteiger partial charge in [-0.25, -0.2) is 0 Å². The lowest BCUT2D eigenvalue weighted by Crippen LogP contribution is -2.44. The van der Waals surface area contributed by atoms with Crippen molar-refractivity contribution in [1.29, 1.82) is 0 Å². The minimum atomic E-state index is -0.332. The number of hydrogen-bond acceptors (Lipinski definition) is 6. The first kappa shape index (κ1) is 32.3. The topological polar surface area (TPSA) is 100 Å². The molecule has 9 nitrogen and oxygen atoms in total. The monoisotopic (exact) mass is 632 g/mol. The summed E-state index contributed by atoms with van der Waals surface area (Å²) in [5.41, 5.74) is 3.28. The molecule has 238 valence electrons. The Morgan fingerprint density at radius 2 is 1.76 bits per heavy atom. The molecule has 0 aliphatic carbocycles. The van der Waals surface area contributed by atoms with Crippen molar-refractivity contribution in [3.05, 3.63) is 82.4 Å². The molecule has 2 N–H and O–H groups in total. The van der Waals surface area contributed by atoms with Gasteiger partial charge in [-0.15, -0.1) is 0 Å². The highest BCUT2D eigenvalue weighted by molar-refractivity contribution is 6.30. The van der Waals surface area contributed by atoms with Crippen molar-refractivity contribution in [2.24, 2.45) is 0 Å². The first-order valence-electron chi connectivity index (χ1n) is 15.6. The van der Waals surface area contributed by atoms with Gasteiger partial charge in [0, 0.05) is 55.4 Å². The van der Waals surface area contributed by atoms with Gasteiger partial charge in [0.2, 0.25) is 5.91 Å². The second kappa shape index (κ2) is 15.3. The zero-order chi connectivity index (χ0) is 31.8. The number of halogens is 1. The SMILES string of the molecule is COc1cc(C(=O)N2CCCCc3cc(Cl)ccc32)ccc1NC(=O)c1ccccc1OCCCN1CCC(NC(C)=O)CC1. The standard InChI is InChI=1S/C35H41ClN4O5/c1-24(41)37-28-15-19-39(20-16-28)17-7-21-45-32-10-4-3-9-29(32)34(42)38-30-13-11-26(23-33(30)44-2)35(43)40-18-6-5-8-25-22-27(36)12-14-31(25)40/h3-4,9-14,22-23,28H,5-8,15-21H2,1-2H3,(H,37,41)(H,38,42). The van der Waals surface area contributed by atoms with Crippen LogP contribution < -0.4 is 25.0 Å². The smallest absolute Gasteiger partial charge is 0.259 e. The summed E-state index contributed by atoms with van der Waals surface area (Å²) in [6.45, 7) is 5.42. The zero-order valence-electron chi connectivity index (χ0n) is 25.9. The Kier molecular flexibility index (Phi) is 11.0. The second-order valence-corrected chi connectivity index (χ2v) is 12.0. The normalized spacial score (nSPS) is 15.5. The van der Waals surface area contributed by atoms with E-state index in [1.807, 2.05) is 24.3 Å². The average Bonchev–Trinajstić information content (AvgIpc) is 3.25. The third-order valence-electron chi connectivity index (χ3n) is 8.35. The molecule has 0 saturated carbocycles. The number of methoxy groups -OCH3 is 1. The Bertz CT molecular complexity index is 1520. The lowest BCUT2D eigenvalue weighted by molar-refractivity contribution is -0.119. The maximum absolute atomic E-state index is 13.7. The van der Waals surface area contributed by atoms with Crippen molar-refractivity contribution < 1.29 is 23.9 Å². The Hall–Kier alpha value is -4.08.